The third-order valence-corrected chi connectivity index (χ3v) is 4.91. The van der Waals surface area contributed by atoms with Crippen LogP contribution in [0.3, 0.4) is 0 Å². The lowest BCUT2D eigenvalue weighted by Gasteiger charge is -2.11. The number of aromatic nitrogens is 2. The number of esters is 1. The topological polar surface area (TPSA) is 73.2 Å². The van der Waals surface area contributed by atoms with Crippen molar-refractivity contribution in [3.63, 3.8) is 0 Å². The third kappa shape index (κ3) is 5.23. The van der Waals surface area contributed by atoms with Crippen LogP contribution < -0.4 is 5.32 Å². The molecular weight excluding hydrogens is 374 g/mol. The van der Waals surface area contributed by atoms with Crippen LogP contribution in [0.4, 0.5) is 5.69 Å². The number of rotatable bonds is 8. The molecule has 0 aliphatic heterocycles. The molecule has 0 bridgehead atoms. The highest BCUT2D eigenvalue weighted by molar-refractivity contribution is 7.99. The van der Waals surface area contributed by atoms with Crippen molar-refractivity contribution < 1.29 is 14.3 Å². The molecule has 144 valence electrons. The summed E-state index contributed by atoms with van der Waals surface area (Å²) in [4.78, 5) is 28.7. The first-order chi connectivity index (χ1) is 13.7. The smallest absolute Gasteiger partial charge is 0.340 e. The second-order valence-electron chi connectivity index (χ2n) is 5.93. The molecule has 1 N–H and O–H groups in total. The van der Waals surface area contributed by atoms with Crippen LogP contribution in [-0.4, -0.2) is 33.8 Å². The number of benzene rings is 2. The minimum atomic E-state index is -0.454. The summed E-state index contributed by atoms with van der Waals surface area (Å²) in [7, 11) is 0. The highest BCUT2D eigenvalue weighted by Crippen LogP contribution is 2.20. The van der Waals surface area contributed by atoms with Crippen LogP contribution in [0.15, 0.2) is 72.1 Å². The number of ether oxygens (including phenoxy) is 1. The molecular formula is C21H21N3O3S. The van der Waals surface area contributed by atoms with Crippen molar-refractivity contribution in [3.8, 4) is 0 Å². The van der Waals surface area contributed by atoms with Gasteiger partial charge in [-0.25, -0.2) is 9.78 Å². The van der Waals surface area contributed by atoms with E-state index in [1.165, 1.54) is 11.8 Å². The molecule has 28 heavy (non-hydrogen) atoms. The Hall–Kier alpha value is -3.06. The van der Waals surface area contributed by atoms with Gasteiger partial charge in [0.25, 0.3) is 0 Å². The first kappa shape index (κ1) is 19.7. The Morgan fingerprint density at radius 2 is 1.86 bits per heavy atom. The molecule has 0 saturated carbocycles. The number of imidazole rings is 1. The lowest BCUT2D eigenvalue weighted by molar-refractivity contribution is -0.113. The minimum absolute atomic E-state index is 0.183. The van der Waals surface area contributed by atoms with Gasteiger partial charge in [-0.2, -0.15) is 0 Å². The van der Waals surface area contributed by atoms with E-state index >= 15 is 0 Å². The first-order valence-corrected chi connectivity index (χ1v) is 9.89. The maximum atomic E-state index is 12.4. The molecule has 3 aromatic rings. The molecule has 2 aromatic carbocycles. The Balaban J connectivity index is 1.60. The highest BCUT2D eigenvalue weighted by atomic mass is 32.2. The average molecular weight is 395 g/mol. The Morgan fingerprint density at radius 3 is 2.64 bits per heavy atom. The van der Waals surface area contributed by atoms with E-state index in [0.717, 1.165) is 10.7 Å². The van der Waals surface area contributed by atoms with Crippen molar-refractivity contribution in [1.29, 1.82) is 0 Å². The van der Waals surface area contributed by atoms with Gasteiger partial charge in [0.2, 0.25) is 5.91 Å². The highest BCUT2D eigenvalue weighted by Gasteiger charge is 2.15. The predicted octanol–water partition coefficient (Wildman–Crippen LogP) is 3.84. The molecule has 0 saturated heterocycles. The molecule has 0 radical (unpaired) electrons. The molecule has 1 heterocycles. The van der Waals surface area contributed by atoms with Gasteiger partial charge in [0.1, 0.15) is 0 Å². The quantitative estimate of drug-likeness (QED) is 0.463. The van der Waals surface area contributed by atoms with Crippen LogP contribution >= 0.6 is 11.8 Å². The summed E-state index contributed by atoms with van der Waals surface area (Å²) in [6, 6.07) is 16.9. The van der Waals surface area contributed by atoms with Gasteiger partial charge < -0.3 is 14.6 Å². The van der Waals surface area contributed by atoms with Crippen molar-refractivity contribution in [2.45, 2.75) is 18.6 Å². The van der Waals surface area contributed by atoms with Gasteiger partial charge in [0.05, 0.1) is 23.6 Å². The van der Waals surface area contributed by atoms with Crippen molar-refractivity contribution in [1.82, 2.24) is 9.55 Å². The molecule has 0 spiro atoms. The third-order valence-electron chi connectivity index (χ3n) is 3.90. The number of carbonyl (C=O) groups is 2. The number of nitrogens with zero attached hydrogens (tertiary/aromatic N) is 2. The van der Waals surface area contributed by atoms with Crippen LogP contribution in [0.25, 0.3) is 0 Å². The zero-order chi connectivity index (χ0) is 19.8. The first-order valence-electron chi connectivity index (χ1n) is 8.91. The number of hydrogen-bond donors (Lipinski definition) is 1. The second kappa shape index (κ2) is 9.75. The number of thioether (sulfide) groups is 1. The van der Waals surface area contributed by atoms with Gasteiger partial charge in [0.15, 0.2) is 5.16 Å². The molecule has 0 unspecified atom stereocenters. The summed E-state index contributed by atoms with van der Waals surface area (Å²) < 4.78 is 7.03. The number of nitrogens with one attached hydrogen (secondary N) is 1. The van der Waals surface area contributed by atoms with E-state index in [9.17, 15) is 9.59 Å². The number of para-hydroxylation sites is 1. The fraction of sp³-hybridized carbons (Fsp3) is 0.190. The molecule has 1 aromatic heterocycles. The molecule has 1 amide bonds. The lowest BCUT2D eigenvalue weighted by Crippen LogP contribution is -2.17. The van der Waals surface area contributed by atoms with Gasteiger partial charge in [-0.3, -0.25) is 4.79 Å². The molecule has 0 aliphatic rings. The summed E-state index contributed by atoms with van der Waals surface area (Å²) in [6.07, 6.45) is 3.61. The summed E-state index contributed by atoms with van der Waals surface area (Å²) in [5, 5.41) is 3.55. The fourth-order valence-corrected chi connectivity index (χ4v) is 3.39. The van der Waals surface area contributed by atoms with Crippen molar-refractivity contribution in [3.05, 3.63) is 78.1 Å². The van der Waals surface area contributed by atoms with Gasteiger partial charge in [-0.05, 0) is 24.6 Å². The van der Waals surface area contributed by atoms with Crippen molar-refractivity contribution >= 4 is 29.3 Å². The summed E-state index contributed by atoms with van der Waals surface area (Å²) in [5.41, 5.74) is 1.95. The maximum absolute atomic E-state index is 12.4. The van der Waals surface area contributed by atoms with Gasteiger partial charge >= 0.3 is 5.97 Å². The van der Waals surface area contributed by atoms with E-state index in [0.29, 0.717) is 17.8 Å². The van der Waals surface area contributed by atoms with E-state index in [1.807, 2.05) is 41.1 Å². The van der Waals surface area contributed by atoms with Crippen LogP contribution in [-0.2, 0) is 16.1 Å². The summed E-state index contributed by atoms with van der Waals surface area (Å²) in [6.45, 7) is 2.71. The van der Waals surface area contributed by atoms with E-state index in [4.69, 9.17) is 4.74 Å². The van der Waals surface area contributed by atoms with Gasteiger partial charge in [0, 0.05) is 18.9 Å². The molecule has 6 nitrogen and oxygen atoms in total. The largest absolute Gasteiger partial charge is 0.462 e. The van der Waals surface area contributed by atoms with E-state index in [-0.39, 0.29) is 18.3 Å². The molecule has 7 heteroatoms. The SMILES string of the molecule is CCOC(=O)c1ccccc1NC(=O)CSc1nccn1Cc1ccccc1. The van der Waals surface area contributed by atoms with E-state index < -0.39 is 5.97 Å². The van der Waals surface area contributed by atoms with E-state index in [1.54, 1.807) is 37.4 Å². The minimum Gasteiger partial charge on any atom is -0.462 e. The van der Waals surface area contributed by atoms with E-state index in [2.05, 4.69) is 10.3 Å². The predicted molar refractivity (Wildman–Crippen MR) is 110 cm³/mol. The Labute approximate surface area is 167 Å². The monoisotopic (exact) mass is 395 g/mol. The molecule has 0 fully saturated rings. The summed E-state index contributed by atoms with van der Waals surface area (Å²) in [5.74, 6) is -0.483. The van der Waals surface area contributed by atoms with Crippen LogP contribution in [0.5, 0.6) is 0 Å². The zero-order valence-electron chi connectivity index (χ0n) is 15.5. The van der Waals surface area contributed by atoms with Gasteiger partial charge in [-0.15, -0.1) is 0 Å². The Bertz CT molecular complexity index is 941. The zero-order valence-corrected chi connectivity index (χ0v) is 16.3. The number of amides is 1. The molecule has 0 aliphatic carbocycles. The van der Waals surface area contributed by atoms with Gasteiger partial charge in [-0.1, -0.05) is 54.2 Å². The second-order valence-corrected chi connectivity index (χ2v) is 6.87. The molecule has 3 rings (SSSR count). The summed E-state index contributed by atoms with van der Waals surface area (Å²) >= 11 is 1.35. The van der Waals surface area contributed by atoms with Crippen LogP contribution in [0, 0.1) is 0 Å². The number of carbonyl (C=O) groups excluding carboxylic acids is 2. The number of hydrogen-bond acceptors (Lipinski definition) is 5. The Kier molecular flexibility index (Phi) is 6.86. The van der Waals surface area contributed by atoms with Crippen LogP contribution in [0.1, 0.15) is 22.8 Å². The van der Waals surface area contributed by atoms with Crippen molar-refractivity contribution in [2.75, 3.05) is 17.7 Å². The molecule has 0 atom stereocenters. The normalized spacial score (nSPS) is 10.5. The van der Waals surface area contributed by atoms with Crippen molar-refractivity contribution in [2.24, 2.45) is 0 Å². The van der Waals surface area contributed by atoms with Crippen LogP contribution in [0.2, 0.25) is 0 Å². The standard InChI is InChI=1S/C21H21N3O3S/c1-2-27-20(26)17-10-6-7-11-18(17)23-19(25)15-28-21-22-12-13-24(21)14-16-8-4-3-5-9-16/h3-13H,2,14-15H2,1H3,(H,23,25). The number of anilines is 1. The lowest BCUT2D eigenvalue weighted by atomic mass is 10.2. The fourth-order valence-electron chi connectivity index (χ4n) is 2.63. The Morgan fingerprint density at radius 1 is 1.11 bits per heavy atom. The maximum Gasteiger partial charge on any atom is 0.340 e. The average Bonchev–Trinajstić information content (AvgIpc) is 3.15.